The standard InChI is InChI=1S/C43H50ClF3N8O7/c1-24-18-33(55(23-24)39(57)36(54-41(59)60-5)27-12-16-61-17-13-27)37-51-22-32(53-37)26-8-6-25(7-9-26)29-19-31(44)30(20-34(29)62-43(45,46)47)38(56)52-28-10-11-35(50-21-28)48-14-15-49-40(58)42(2,3)4/h6-11,19-22,24,27,33,36H,12-18,23H2,1-5H3,(H,48,50)(H,49,58)(H,51,53)(H,52,56)(H,54,59)/t24-,33-,36-/m0/s1. The fraction of sp³-hybridized carbons (Fsp3) is 0.442. The molecule has 6 rings (SSSR count). The minimum Gasteiger partial charge on any atom is -0.453 e. The van der Waals surface area contributed by atoms with Crippen LogP contribution in [-0.4, -0.2) is 96.0 Å². The number of H-pyrrole nitrogens is 1. The van der Waals surface area contributed by atoms with Crippen LogP contribution in [0, 0.1) is 17.3 Å². The normalized spacial score (nSPS) is 17.5. The lowest BCUT2D eigenvalue weighted by Gasteiger charge is -2.34. The molecule has 0 radical (unpaired) electrons. The second kappa shape index (κ2) is 19.4. The first kappa shape index (κ1) is 45.6. The number of alkyl halides is 3. The van der Waals surface area contributed by atoms with E-state index in [1.807, 2.05) is 27.7 Å². The zero-order valence-electron chi connectivity index (χ0n) is 35.0. The second-order valence-corrected chi connectivity index (χ2v) is 16.8. The number of hydrogen-bond donors (Lipinski definition) is 5. The van der Waals surface area contributed by atoms with Crippen LogP contribution in [0.4, 0.5) is 29.5 Å². The molecule has 2 aliphatic heterocycles. The molecule has 0 saturated carbocycles. The Kier molecular flexibility index (Phi) is 14.3. The van der Waals surface area contributed by atoms with Crippen LogP contribution >= 0.6 is 11.6 Å². The Balaban J connectivity index is 1.15. The molecule has 2 fully saturated rings. The number of methoxy groups -OCH3 is 1. The average Bonchev–Trinajstić information content (AvgIpc) is 3.89. The van der Waals surface area contributed by atoms with Crippen molar-refractivity contribution in [2.45, 2.75) is 65.4 Å². The number of anilines is 2. The molecule has 2 aliphatic rings. The molecule has 15 nitrogen and oxygen atoms in total. The molecule has 4 heterocycles. The number of carbonyl (C=O) groups is 4. The predicted molar refractivity (Wildman–Crippen MR) is 225 cm³/mol. The number of alkyl carbamates (subject to hydrolysis) is 1. The third kappa shape index (κ3) is 11.5. The van der Waals surface area contributed by atoms with Gasteiger partial charge in [0.2, 0.25) is 11.8 Å². The SMILES string of the molecule is COC(=O)N[C@H](C(=O)N1C[C@@H](C)C[C@H]1c1ncc(-c2ccc(-c3cc(Cl)c(C(=O)Nc4ccc(NCCNC(=O)C(C)(C)C)nc4)cc3OC(F)(F)F)cc2)[nH]1)C1CCOCC1. The first-order chi connectivity index (χ1) is 29.4. The van der Waals surface area contributed by atoms with Gasteiger partial charge >= 0.3 is 12.5 Å². The molecule has 19 heteroatoms. The van der Waals surface area contributed by atoms with E-state index in [1.165, 1.54) is 19.4 Å². The molecule has 2 saturated heterocycles. The number of aromatic nitrogens is 3. The van der Waals surface area contributed by atoms with Crippen LogP contribution in [0.3, 0.4) is 0 Å². The number of benzene rings is 2. The van der Waals surface area contributed by atoms with E-state index in [0.29, 0.717) is 80.6 Å². The van der Waals surface area contributed by atoms with Crippen molar-refractivity contribution in [3.05, 3.63) is 77.3 Å². The third-order valence-corrected chi connectivity index (χ3v) is 10.9. The Morgan fingerprint density at radius 3 is 2.34 bits per heavy atom. The zero-order chi connectivity index (χ0) is 44.8. The predicted octanol–water partition coefficient (Wildman–Crippen LogP) is 7.58. The number of ether oxygens (including phenoxy) is 3. The maximum absolute atomic E-state index is 14.1. The van der Waals surface area contributed by atoms with Gasteiger partial charge in [-0.05, 0) is 66.5 Å². The molecule has 4 aromatic rings. The van der Waals surface area contributed by atoms with Crippen LogP contribution in [0.25, 0.3) is 22.4 Å². The molecule has 3 atom stereocenters. The van der Waals surface area contributed by atoms with Gasteiger partial charge in [0, 0.05) is 43.8 Å². The summed E-state index contributed by atoms with van der Waals surface area (Å²) in [4.78, 5) is 65.7. The van der Waals surface area contributed by atoms with Crippen molar-refractivity contribution in [2.75, 3.05) is 50.6 Å². The fourth-order valence-corrected chi connectivity index (χ4v) is 7.64. The lowest BCUT2D eigenvalue weighted by atomic mass is 9.90. The fourth-order valence-electron chi connectivity index (χ4n) is 7.39. The van der Waals surface area contributed by atoms with Crippen LogP contribution in [0.1, 0.15) is 69.2 Å². The maximum atomic E-state index is 14.1. The van der Waals surface area contributed by atoms with Gasteiger partial charge in [-0.25, -0.2) is 14.8 Å². The van der Waals surface area contributed by atoms with E-state index in [4.69, 9.17) is 21.1 Å². The van der Waals surface area contributed by atoms with Crippen molar-refractivity contribution in [3.8, 4) is 28.1 Å². The lowest BCUT2D eigenvalue weighted by Crippen LogP contribution is -2.53. The Morgan fingerprint density at radius 1 is 0.984 bits per heavy atom. The maximum Gasteiger partial charge on any atom is 0.573 e. The van der Waals surface area contributed by atoms with Gasteiger partial charge in [-0.1, -0.05) is 63.6 Å². The molecular formula is C43H50ClF3N8O7. The molecular weight excluding hydrogens is 833 g/mol. The number of nitrogens with one attached hydrogen (secondary N) is 5. The highest BCUT2D eigenvalue weighted by atomic mass is 35.5. The molecule has 5 N–H and O–H groups in total. The number of pyridine rings is 1. The number of carbonyl (C=O) groups excluding carboxylic acids is 4. The van der Waals surface area contributed by atoms with Gasteiger partial charge in [-0.3, -0.25) is 14.4 Å². The first-order valence-corrected chi connectivity index (χ1v) is 20.5. The summed E-state index contributed by atoms with van der Waals surface area (Å²) in [6, 6.07) is 10.7. The van der Waals surface area contributed by atoms with Gasteiger partial charge in [0.25, 0.3) is 5.91 Å². The monoisotopic (exact) mass is 882 g/mol. The molecule has 62 heavy (non-hydrogen) atoms. The van der Waals surface area contributed by atoms with Gasteiger partial charge in [0.15, 0.2) is 0 Å². The molecule has 2 aromatic heterocycles. The smallest absolute Gasteiger partial charge is 0.453 e. The topological polar surface area (TPSA) is 189 Å². The highest BCUT2D eigenvalue weighted by molar-refractivity contribution is 6.35. The van der Waals surface area contributed by atoms with E-state index in [1.54, 1.807) is 47.5 Å². The highest BCUT2D eigenvalue weighted by Crippen LogP contribution is 2.40. The number of nitrogens with zero attached hydrogens (tertiary/aromatic N) is 3. The van der Waals surface area contributed by atoms with Crippen LogP contribution in [0.5, 0.6) is 5.75 Å². The van der Waals surface area contributed by atoms with Crippen LogP contribution in [0.2, 0.25) is 5.02 Å². The minimum absolute atomic E-state index is 0.00903. The Morgan fingerprint density at radius 2 is 1.69 bits per heavy atom. The Labute approximate surface area is 361 Å². The number of aromatic amines is 1. The van der Waals surface area contributed by atoms with Crippen molar-refractivity contribution in [1.29, 1.82) is 0 Å². The van der Waals surface area contributed by atoms with Crippen molar-refractivity contribution < 1.29 is 46.6 Å². The molecule has 0 bridgehead atoms. The average molecular weight is 883 g/mol. The van der Waals surface area contributed by atoms with E-state index >= 15 is 0 Å². The molecule has 332 valence electrons. The summed E-state index contributed by atoms with van der Waals surface area (Å²) >= 11 is 6.54. The summed E-state index contributed by atoms with van der Waals surface area (Å²) in [5.41, 5.74) is 1.05. The highest BCUT2D eigenvalue weighted by Gasteiger charge is 2.42. The summed E-state index contributed by atoms with van der Waals surface area (Å²) in [6.45, 7) is 9.68. The van der Waals surface area contributed by atoms with Gasteiger partial charge in [0.1, 0.15) is 23.4 Å². The third-order valence-electron chi connectivity index (χ3n) is 10.6. The summed E-state index contributed by atoms with van der Waals surface area (Å²) < 4.78 is 55.9. The zero-order valence-corrected chi connectivity index (χ0v) is 35.7. The van der Waals surface area contributed by atoms with Crippen molar-refractivity contribution >= 4 is 46.9 Å². The van der Waals surface area contributed by atoms with Crippen molar-refractivity contribution in [1.82, 2.24) is 30.5 Å². The second-order valence-electron chi connectivity index (χ2n) is 16.4. The minimum atomic E-state index is -5.09. The van der Waals surface area contributed by atoms with E-state index in [9.17, 15) is 32.3 Å². The number of hydrogen-bond acceptors (Lipinski definition) is 10. The van der Waals surface area contributed by atoms with Crippen LogP contribution < -0.4 is 26.0 Å². The summed E-state index contributed by atoms with van der Waals surface area (Å²) in [5.74, 6) is -0.695. The molecule has 0 unspecified atom stereocenters. The van der Waals surface area contributed by atoms with Crippen LogP contribution in [-0.2, 0) is 19.1 Å². The number of imidazole rings is 1. The Bertz CT molecular complexity index is 2230. The van der Waals surface area contributed by atoms with E-state index in [2.05, 4.69) is 41.0 Å². The first-order valence-electron chi connectivity index (χ1n) is 20.2. The van der Waals surface area contributed by atoms with E-state index in [0.717, 1.165) is 6.07 Å². The van der Waals surface area contributed by atoms with Gasteiger partial charge in [-0.15, -0.1) is 13.2 Å². The lowest BCUT2D eigenvalue weighted by molar-refractivity contribution is -0.274. The quantitative estimate of drug-likeness (QED) is 0.0838. The summed E-state index contributed by atoms with van der Waals surface area (Å²) in [5, 5.41) is 11.1. The van der Waals surface area contributed by atoms with Crippen molar-refractivity contribution in [2.24, 2.45) is 17.3 Å². The number of halogens is 4. The molecule has 2 aromatic carbocycles. The number of amides is 4. The number of rotatable bonds is 13. The summed E-state index contributed by atoms with van der Waals surface area (Å²) in [6.07, 6.45) is -0.930. The van der Waals surface area contributed by atoms with Crippen molar-refractivity contribution in [3.63, 3.8) is 0 Å². The molecule has 0 aliphatic carbocycles. The molecule has 0 spiro atoms. The largest absolute Gasteiger partial charge is 0.573 e. The van der Waals surface area contributed by atoms with E-state index in [-0.39, 0.29) is 45.5 Å². The van der Waals surface area contributed by atoms with E-state index < -0.39 is 41.6 Å². The van der Waals surface area contributed by atoms with Crippen LogP contribution in [0.15, 0.2) is 60.9 Å². The summed E-state index contributed by atoms with van der Waals surface area (Å²) in [7, 11) is 1.25. The number of likely N-dealkylation sites (tertiary alicyclic amines) is 1. The molecule has 4 amide bonds. The van der Waals surface area contributed by atoms with Gasteiger partial charge < -0.3 is 45.4 Å². The Hall–Kier alpha value is -5.88. The van der Waals surface area contributed by atoms with Gasteiger partial charge in [-0.2, -0.15) is 0 Å². The van der Waals surface area contributed by atoms with Gasteiger partial charge in [0.05, 0.1) is 47.5 Å².